The lowest BCUT2D eigenvalue weighted by Gasteiger charge is -2.37. The number of benzene rings is 3. The Morgan fingerprint density at radius 1 is 1.00 bits per heavy atom. The van der Waals surface area contributed by atoms with Crippen LogP contribution in [0.1, 0.15) is 76.1 Å². The van der Waals surface area contributed by atoms with Crippen molar-refractivity contribution in [2.45, 2.75) is 89.8 Å². The molecule has 1 heterocycles. The lowest BCUT2D eigenvalue weighted by atomic mass is 9.62. The van der Waals surface area contributed by atoms with Crippen molar-refractivity contribution in [2.24, 2.45) is 5.41 Å². The smallest absolute Gasteiger partial charge is 0.407 e. The van der Waals surface area contributed by atoms with Crippen molar-refractivity contribution in [3.8, 4) is 6.07 Å². The molecule has 4 rings (SSSR count). The van der Waals surface area contributed by atoms with Gasteiger partial charge in [0, 0.05) is 35.5 Å². The number of halogens is 4. The highest BCUT2D eigenvalue weighted by Gasteiger charge is 2.60. The lowest BCUT2D eigenvalue weighted by Crippen LogP contribution is -2.44. The van der Waals surface area contributed by atoms with E-state index >= 15 is 8.78 Å². The highest BCUT2D eigenvalue weighted by molar-refractivity contribution is 6.31. The number of ether oxygens (including phenoxy) is 1. The molecule has 0 aromatic heterocycles. The van der Waals surface area contributed by atoms with Crippen molar-refractivity contribution in [3.05, 3.63) is 105 Å². The Labute approximate surface area is 285 Å². The second kappa shape index (κ2) is 14.3. The monoisotopic (exact) mass is 683 g/mol. The normalized spacial score (nSPS) is 21.3. The summed E-state index contributed by atoms with van der Waals surface area (Å²) in [7, 11) is 0. The first kappa shape index (κ1) is 36.3. The molecule has 3 aromatic carbocycles. The number of rotatable bonds is 9. The predicted molar refractivity (Wildman–Crippen MR) is 181 cm³/mol. The molecule has 2 N–H and O–H groups in total. The van der Waals surface area contributed by atoms with Gasteiger partial charge in [0.2, 0.25) is 0 Å². The maximum atomic E-state index is 15.9. The van der Waals surface area contributed by atoms with Crippen molar-refractivity contribution in [1.29, 1.82) is 5.26 Å². The molecule has 4 atom stereocenters. The van der Waals surface area contributed by atoms with E-state index in [0.29, 0.717) is 24.9 Å². The van der Waals surface area contributed by atoms with Gasteiger partial charge in [-0.05, 0) is 73.9 Å². The summed E-state index contributed by atoms with van der Waals surface area (Å²) in [6, 6.07) is 16.6. The van der Waals surface area contributed by atoms with Gasteiger partial charge in [-0.1, -0.05) is 86.4 Å². The molecule has 0 spiro atoms. The van der Waals surface area contributed by atoms with Crippen LogP contribution in [0, 0.1) is 28.4 Å². The largest absolute Gasteiger partial charge is 0.444 e. The second-order valence-corrected chi connectivity index (χ2v) is 15.2. The van der Waals surface area contributed by atoms with Crippen LogP contribution in [0.3, 0.4) is 0 Å². The van der Waals surface area contributed by atoms with Crippen LogP contribution < -0.4 is 10.6 Å². The fourth-order valence-electron chi connectivity index (χ4n) is 6.37. The maximum Gasteiger partial charge on any atom is 0.407 e. The zero-order valence-corrected chi connectivity index (χ0v) is 29.0. The number of alkyl carbamates (subject to hydrolysis) is 1. The molecule has 10 heteroatoms. The van der Waals surface area contributed by atoms with Crippen LogP contribution in [0.25, 0.3) is 0 Å². The van der Waals surface area contributed by atoms with Crippen LogP contribution >= 0.6 is 23.2 Å². The molecule has 0 aliphatic carbocycles. The number of carbonyl (C=O) groups excluding carboxylic acids is 2. The van der Waals surface area contributed by atoms with Gasteiger partial charge in [0.1, 0.15) is 22.7 Å². The summed E-state index contributed by atoms with van der Waals surface area (Å²) >= 11 is 12.3. The predicted octanol–water partition coefficient (Wildman–Crippen LogP) is 8.47. The summed E-state index contributed by atoms with van der Waals surface area (Å²) in [6.07, 6.45) is 0.433. The van der Waals surface area contributed by atoms with Gasteiger partial charge in [0.25, 0.3) is 0 Å². The van der Waals surface area contributed by atoms with Crippen LogP contribution in [0.4, 0.5) is 13.6 Å². The molecule has 3 aromatic rings. The SMILES string of the molecule is CC(C)(C)C[C@@H]1N[C@@H](C(=O)Cc2ccc(CCNC(=O)OC(C)(C)C)cc2)[C@H](c2cccc(Cl)c2F)[C@@]1(C#N)c1ccc(Cl)cc1F. The first-order chi connectivity index (χ1) is 21.9. The van der Waals surface area contributed by atoms with E-state index in [9.17, 15) is 14.9 Å². The number of carbonyl (C=O) groups is 2. The summed E-state index contributed by atoms with van der Waals surface area (Å²) in [5.41, 5.74) is -0.858. The summed E-state index contributed by atoms with van der Waals surface area (Å²) in [4.78, 5) is 26.2. The Kier molecular flexibility index (Phi) is 11.1. The Morgan fingerprint density at radius 3 is 2.26 bits per heavy atom. The van der Waals surface area contributed by atoms with Crippen molar-refractivity contribution in [1.82, 2.24) is 10.6 Å². The first-order valence-electron chi connectivity index (χ1n) is 15.6. The molecule has 0 radical (unpaired) electrons. The second-order valence-electron chi connectivity index (χ2n) is 14.3. The zero-order chi connectivity index (χ0) is 34.7. The summed E-state index contributed by atoms with van der Waals surface area (Å²) in [5.74, 6) is -2.86. The van der Waals surface area contributed by atoms with Crippen LogP contribution in [0.2, 0.25) is 10.0 Å². The van der Waals surface area contributed by atoms with Crippen molar-refractivity contribution < 1.29 is 23.1 Å². The summed E-state index contributed by atoms with van der Waals surface area (Å²) < 4.78 is 37.0. The fourth-order valence-corrected chi connectivity index (χ4v) is 6.71. The van der Waals surface area contributed by atoms with Crippen LogP contribution in [-0.4, -0.2) is 36.1 Å². The molecule has 47 heavy (non-hydrogen) atoms. The lowest BCUT2D eigenvalue weighted by molar-refractivity contribution is -0.120. The van der Waals surface area contributed by atoms with E-state index in [0.717, 1.165) is 11.6 Å². The minimum absolute atomic E-state index is 0.0142. The summed E-state index contributed by atoms with van der Waals surface area (Å²) in [5, 5.41) is 17.1. The number of nitrogens with one attached hydrogen (secondary N) is 2. The van der Waals surface area contributed by atoms with E-state index in [4.69, 9.17) is 27.9 Å². The van der Waals surface area contributed by atoms with Gasteiger partial charge in [-0.2, -0.15) is 5.26 Å². The van der Waals surface area contributed by atoms with Gasteiger partial charge in [-0.3, -0.25) is 4.79 Å². The Morgan fingerprint density at radius 2 is 1.66 bits per heavy atom. The van der Waals surface area contributed by atoms with E-state index < -0.39 is 46.7 Å². The summed E-state index contributed by atoms with van der Waals surface area (Å²) in [6.45, 7) is 11.7. The van der Waals surface area contributed by atoms with E-state index in [-0.39, 0.29) is 38.8 Å². The molecule has 1 aliphatic rings. The quantitative estimate of drug-likeness (QED) is 0.236. The maximum absolute atomic E-state index is 15.9. The van der Waals surface area contributed by atoms with Gasteiger partial charge < -0.3 is 15.4 Å². The van der Waals surface area contributed by atoms with Crippen LogP contribution in [-0.2, 0) is 27.8 Å². The number of Topliss-reactive ketones (excluding diaryl/α,β-unsaturated/α-hetero) is 1. The average Bonchev–Trinajstić information content (AvgIpc) is 3.27. The molecule has 1 saturated heterocycles. The number of nitriles is 1. The number of hydrogen-bond acceptors (Lipinski definition) is 5. The fraction of sp³-hybridized carbons (Fsp3) is 0.432. The van der Waals surface area contributed by atoms with Gasteiger partial charge in [0.15, 0.2) is 5.78 Å². The number of hydrogen-bond donors (Lipinski definition) is 2. The third-order valence-electron chi connectivity index (χ3n) is 8.28. The molecule has 250 valence electrons. The molecule has 0 unspecified atom stereocenters. The number of ketones is 1. The number of nitrogens with zero attached hydrogens (tertiary/aromatic N) is 1. The van der Waals surface area contributed by atoms with E-state index in [2.05, 4.69) is 16.7 Å². The minimum atomic E-state index is -1.68. The van der Waals surface area contributed by atoms with Gasteiger partial charge in [-0.15, -0.1) is 0 Å². The van der Waals surface area contributed by atoms with Crippen LogP contribution in [0.5, 0.6) is 0 Å². The van der Waals surface area contributed by atoms with Crippen molar-refractivity contribution in [3.63, 3.8) is 0 Å². The number of amides is 1. The molecule has 0 saturated carbocycles. The molecule has 1 aliphatic heterocycles. The average molecular weight is 685 g/mol. The Hall–Kier alpha value is -3.51. The third-order valence-corrected chi connectivity index (χ3v) is 8.81. The van der Waals surface area contributed by atoms with Crippen LogP contribution in [0.15, 0.2) is 60.7 Å². The molecule has 6 nitrogen and oxygen atoms in total. The minimum Gasteiger partial charge on any atom is -0.444 e. The van der Waals surface area contributed by atoms with E-state index in [1.54, 1.807) is 26.8 Å². The van der Waals surface area contributed by atoms with Gasteiger partial charge in [-0.25, -0.2) is 13.6 Å². The topological polar surface area (TPSA) is 91.2 Å². The van der Waals surface area contributed by atoms with Crippen molar-refractivity contribution >= 4 is 35.1 Å². The molecular formula is C37H41Cl2F2N3O3. The van der Waals surface area contributed by atoms with Gasteiger partial charge in [0.05, 0.1) is 17.1 Å². The molecule has 0 bridgehead atoms. The van der Waals surface area contributed by atoms with E-state index in [1.165, 1.54) is 24.3 Å². The van der Waals surface area contributed by atoms with Gasteiger partial charge >= 0.3 is 6.09 Å². The third kappa shape index (κ3) is 8.51. The first-order valence-corrected chi connectivity index (χ1v) is 16.3. The standard InChI is InChI=1S/C37H41Cl2F2N3O3/c1-35(2,3)20-30-37(21-42,26-15-14-24(38)19-28(26)40)31(25-8-7-9-27(39)32(25)41)33(44-30)29(45)18-23-12-10-22(11-13-23)16-17-43-34(46)47-36(4,5)6/h7-15,19,30-31,33,44H,16-18,20H2,1-6H3,(H,43,46)/t30-,31-,33-,37-/m0/s1. The highest BCUT2D eigenvalue weighted by atomic mass is 35.5. The highest BCUT2D eigenvalue weighted by Crippen LogP contribution is 2.53. The van der Waals surface area contributed by atoms with Crippen molar-refractivity contribution in [2.75, 3.05) is 6.54 Å². The Balaban J connectivity index is 1.69. The molecule has 1 fully saturated rings. The zero-order valence-electron chi connectivity index (χ0n) is 27.5. The Bertz CT molecular complexity index is 1660. The molecule has 1 amide bonds. The van der Waals surface area contributed by atoms with E-state index in [1.807, 2.05) is 45.0 Å². The molecular weight excluding hydrogens is 643 g/mol.